The smallest absolute Gasteiger partial charge is 0.406 e. The summed E-state index contributed by atoms with van der Waals surface area (Å²) in [6.07, 6.45) is 1.01. The van der Waals surface area contributed by atoms with Crippen LogP contribution in [0.25, 0.3) is 0 Å². The fourth-order valence-electron chi connectivity index (χ4n) is 5.11. The average Bonchev–Trinajstić information content (AvgIpc) is 2.99. The third-order valence-electron chi connectivity index (χ3n) is 6.63. The van der Waals surface area contributed by atoms with E-state index in [0.717, 1.165) is 54.7 Å². The Kier molecular flexibility index (Phi) is 6.93. The van der Waals surface area contributed by atoms with E-state index in [1.165, 1.54) is 35.3 Å². The minimum absolute atomic E-state index is 0.208. The first kappa shape index (κ1) is 24.0. The predicted octanol–water partition coefficient (Wildman–Crippen LogP) is 7.57. The van der Waals surface area contributed by atoms with Crippen molar-refractivity contribution < 1.29 is 22.3 Å². The lowest BCUT2D eigenvalue weighted by Gasteiger charge is -2.40. The Morgan fingerprint density at radius 1 is 0.886 bits per heavy atom. The highest BCUT2D eigenvalue weighted by Crippen LogP contribution is 2.41. The molecular weight excluding hydrogens is 476 g/mol. The molecule has 8 heteroatoms. The normalized spacial score (nSPS) is 20.1. The van der Waals surface area contributed by atoms with Crippen LogP contribution < -0.4 is 14.4 Å². The molecule has 0 amide bonds. The van der Waals surface area contributed by atoms with E-state index in [2.05, 4.69) is 38.6 Å². The zero-order chi connectivity index (χ0) is 24.4. The van der Waals surface area contributed by atoms with Crippen LogP contribution in [-0.4, -0.2) is 18.4 Å². The molecule has 0 radical (unpaired) electrons. The van der Waals surface area contributed by atoms with Gasteiger partial charge in [0.1, 0.15) is 11.6 Å². The van der Waals surface area contributed by atoms with E-state index in [0.29, 0.717) is 0 Å². The summed E-state index contributed by atoms with van der Waals surface area (Å²) >= 11 is 1.42. The van der Waals surface area contributed by atoms with E-state index in [1.807, 2.05) is 6.07 Å². The Labute approximate surface area is 206 Å². The van der Waals surface area contributed by atoms with E-state index in [9.17, 15) is 17.6 Å². The average molecular weight is 503 g/mol. The maximum absolute atomic E-state index is 14.1. The largest absolute Gasteiger partial charge is 0.573 e. The first-order valence-corrected chi connectivity index (χ1v) is 12.6. The zero-order valence-corrected chi connectivity index (χ0v) is 19.8. The molecule has 1 aliphatic heterocycles. The van der Waals surface area contributed by atoms with Crippen molar-refractivity contribution in [2.45, 2.75) is 61.9 Å². The molecule has 3 aromatic rings. The van der Waals surface area contributed by atoms with E-state index in [4.69, 9.17) is 0 Å². The van der Waals surface area contributed by atoms with Crippen molar-refractivity contribution >= 4 is 23.3 Å². The van der Waals surface area contributed by atoms with Gasteiger partial charge in [-0.1, -0.05) is 18.2 Å². The number of hydrogen-bond donors (Lipinski definition) is 1. The molecule has 3 aromatic carbocycles. The van der Waals surface area contributed by atoms with Gasteiger partial charge >= 0.3 is 6.36 Å². The number of hydrogen-bond acceptors (Lipinski definition) is 4. The van der Waals surface area contributed by atoms with E-state index in [1.54, 1.807) is 24.3 Å². The van der Waals surface area contributed by atoms with Crippen LogP contribution in [0.15, 0.2) is 71.6 Å². The fraction of sp³-hybridized carbons (Fsp3) is 0.333. The molecule has 2 unspecified atom stereocenters. The molecule has 1 fully saturated rings. The summed E-state index contributed by atoms with van der Waals surface area (Å²) in [4.78, 5) is 3.22. The van der Waals surface area contributed by atoms with Crippen molar-refractivity contribution in [1.82, 2.24) is 4.72 Å². The summed E-state index contributed by atoms with van der Waals surface area (Å²) in [5, 5.41) is 0. The molecule has 1 aliphatic carbocycles. The second kappa shape index (κ2) is 10.1. The van der Waals surface area contributed by atoms with Gasteiger partial charge in [0.25, 0.3) is 0 Å². The van der Waals surface area contributed by atoms with E-state index < -0.39 is 6.36 Å². The fourth-order valence-corrected chi connectivity index (χ4v) is 5.89. The molecule has 2 aliphatic rings. The number of alkyl halides is 3. The molecule has 0 aromatic heterocycles. The molecule has 35 heavy (non-hydrogen) atoms. The molecule has 3 nitrogen and oxygen atoms in total. The number of rotatable bonds is 5. The second-order valence-electron chi connectivity index (χ2n) is 9.03. The van der Waals surface area contributed by atoms with Gasteiger partial charge in [0, 0.05) is 28.4 Å². The highest BCUT2D eigenvalue weighted by Gasteiger charge is 2.32. The molecule has 184 valence electrons. The number of halogens is 4. The molecule has 1 heterocycles. The van der Waals surface area contributed by atoms with Crippen molar-refractivity contribution in [3.63, 3.8) is 0 Å². The summed E-state index contributed by atoms with van der Waals surface area (Å²) < 4.78 is 58.7. The van der Waals surface area contributed by atoms with Crippen LogP contribution in [0, 0.1) is 5.82 Å². The van der Waals surface area contributed by atoms with Crippen molar-refractivity contribution in [1.29, 1.82) is 0 Å². The number of nitrogens with zero attached hydrogens (tertiary/aromatic N) is 1. The van der Waals surface area contributed by atoms with Gasteiger partial charge in [-0.2, -0.15) is 0 Å². The first-order valence-electron chi connectivity index (χ1n) is 11.8. The quantitative estimate of drug-likeness (QED) is 0.287. The third-order valence-corrected chi connectivity index (χ3v) is 7.59. The van der Waals surface area contributed by atoms with Gasteiger partial charge in [0.05, 0.1) is 0 Å². The van der Waals surface area contributed by atoms with E-state index >= 15 is 0 Å². The van der Waals surface area contributed by atoms with E-state index in [-0.39, 0.29) is 23.7 Å². The van der Waals surface area contributed by atoms with Crippen LogP contribution in [-0.2, 0) is 12.8 Å². The van der Waals surface area contributed by atoms with Gasteiger partial charge in [-0.25, -0.2) is 4.39 Å². The number of aryl methyl sites for hydroxylation is 2. The van der Waals surface area contributed by atoms with Crippen LogP contribution in [0.2, 0.25) is 0 Å². The molecule has 5 rings (SSSR count). The van der Waals surface area contributed by atoms with Gasteiger partial charge < -0.3 is 9.64 Å². The number of ether oxygens (including phenoxy) is 1. The number of benzene rings is 3. The Morgan fingerprint density at radius 3 is 2.43 bits per heavy atom. The van der Waals surface area contributed by atoms with Gasteiger partial charge in [-0.3, -0.25) is 4.72 Å². The third kappa shape index (κ3) is 5.76. The maximum Gasteiger partial charge on any atom is 0.573 e. The number of para-hydroxylation sites is 1. The predicted molar refractivity (Wildman–Crippen MR) is 131 cm³/mol. The molecule has 2 atom stereocenters. The minimum Gasteiger partial charge on any atom is -0.406 e. The summed E-state index contributed by atoms with van der Waals surface area (Å²) in [7, 11) is 0. The number of fused-ring (bicyclic) bond motifs is 2. The molecule has 0 bridgehead atoms. The summed E-state index contributed by atoms with van der Waals surface area (Å²) in [5.74, 6) is -0.435. The molecular formula is C27H26F4N2OS. The van der Waals surface area contributed by atoms with Gasteiger partial charge in [0.15, 0.2) is 0 Å². The summed E-state index contributed by atoms with van der Waals surface area (Å²) in [5.41, 5.74) is 4.58. The number of anilines is 2. The van der Waals surface area contributed by atoms with Crippen molar-refractivity contribution in [3.8, 4) is 5.75 Å². The summed E-state index contributed by atoms with van der Waals surface area (Å²) in [6.45, 7) is 0. The molecule has 1 N–H and O–H groups in total. The lowest BCUT2D eigenvalue weighted by molar-refractivity contribution is -0.274. The van der Waals surface area contributed by atoms with Gasteiger partial charge in [-0.05, 0) is 110 Å². The molecule has 1 saturated carbocycles. The van der Waals surface area contributed by atoms with Crippen molar-refractivity contribution in [2.24, 2.45) is 0 Å². The topological polar surface area (TPSA) is 24.5 Å². The second-order valence-corrected chi connectivity index (χ2v) is 9.94. The summed E-state index contributed by atoms with van der Waals surface area (Å²) in [6, 6.07) is 19.9. The Morgan fingerprint density at radius 2 is 1.63 bits per heavy atom. The first-order chi connectivity index (χ1) is 16.9. The minimum atomic E-state index is -4.69. The van der Waals surface area contributed by atoms with Crippen LogP contribution in [0.5, 0.6) is 5.75 Å². The van der Waals surface area contributed by atoms with Crippen molar-refractivity contribution in [3.05, 3.63) is 83.7 Å². The molecule has 0 spiro atoms. The van der Waals surface area contributed by atoms with Gasteiger partial charge in [-0.15, -0.1) is 13.2 Å². The monoisotopic (exact) mass is 502 g/mol. The Bertz CT molecular complexity index is 1170. The Hall–Kier alpha value is -2.71. The number of nitrogens with one attached hydrogen (secondary N) is 1. The SMILES string of the molecule is Fc1ccc2c(c1)CCc1ccccc1N2C1CCCC(NSc2ccc(OC(F)(F)F)cc2)C1. The lowest BCUT2D eigenvalue weighted by Crippen LogP contribution is -2.41. The zero-order valence-electron chi connectivity index (χ0n) is 19.0. The van der Waals surface area contributed by atoms with Crippen LogP contribution in [0.4, 0.5) is 28.9 Å². The molecule has 0 saturated heterocycles. The van der Waals surface area contributed by atoms with Crippen LogP contribution >= 0.6 is 11.9 Å². The van der Waals surface area contributed by atoms with Crippen LogP contribution in [0.3, 0.4) is 0 Å². The van der Waals surface area contributed by atoms with Crippen molar-refractivity contribution in [2.75, 3.05) is 4.90 Å². The Balaban J connectivity index is 1.31. The highest BCUT2D eigenvalue weighted by atomic mass is 32.2. The lowest BCUT2D eigenvalue weighted by atomic mass is 9.89. The van der Waals surface area contributed by atoms with Crippen LogP contribution in [0.1, 0.15) is 36.8 Å². The standard InChI is InChI=1S/C27H26F4N2OS/c28-20-10-15-26-19(16-20)9-8-18-4-1-2-7-25(18)33(26)22-6-3-5-21(17-22)32-35-24-13-11-23(12-14-24)34-27(29,30)31/h1-2,4,7,10-16,21-22,32H,3,5-6,8-9,17H2. The van der Waals surface area contributed by atoms with Gasteiger partial charge in [0.2, 0.25) is 0 Å². The maximum atomic E-state index is 14.1. The highest BCUT2D eigenvalue weighted by molar-refractivity contribution is 7.97.